The molecular formula is C8H17NO. The fourth-order valence-electron chi connectivity index (χ4n) is 0.633. The summed E-state index contributed by atoms with van der Waals surface area (Å²) >= 11 is 0. The van der Waals surface area contributed by atoms with Gasteiger partial charge in [-0.25, -0.2) is 0 Å². The summed E-state index contributed by atoms with van der Waals surface area (Å²) in [7, 11) is 0. The van der Waals surface area contributed by atoms with Crippen molar-refractivity contribution < 1.29 is 4.74 Å². The molecule has 2 nitrogen and oxygen atoms in total. The number of ether oxygens (including phenoxy) is 1. The molecule has 0 spiro atoms. The van der Waals surface area contributed by atoms with Gasteiger partial charge in [-0.1, -0.05) is 19.8 Å². The van der Waals surface area contributed by atoms with Gasteiger partial charge in [0, 0.05) is 6.54 Å². The summed E-state index contributed by atoms with van der Waals surface area (Å²) in [5.74, 6) is 0. The maximum absolute atomic E-state index is 4.92. The topological polar surface area (TPSA) is 21.6 Å². The molecule has 0 radical (unpaired) electrons. The predicted octanol–water partition coefficient (Wildman–Crippen LogP) is 2.24. The first-order chi connectivity index (χ1) is 4.91. The van der Waals surface area contributed by atoms with E-state index in [9.17, 15) is 0 Å². The van der Waals surface area contributed by atoms with Crippen molar-refractivity contribution in [2.45, 2.75) is 33.1 Å². The Balaban J connectivity index is 2.88. The fraction of sp³-hybridized carbons (Fsp3) is 0.875. The molecule has 0 saturated heterocycles. The monoisotopic (exact) mass is 143 g/mol. The Hall–Kier alpha value is -0.530. The number of aliphatic imine (C=N–C) groups is 1. The third-order valence-corrected chi connectivity index (χ3v) is 1.21. The third-order valence-electron chi connectivity index (χ3n) is 1.21. The molecule has 0 unspecified atom stereocenters. The number of unbranched alkanes of at least 4 members (excludes halogenated alkanes) is 2. The lowest BCUT2D eigenvalue weighted by atomic mass is 10.3. The van der Waals surface area contributed by atoms with Gasteiger partial charge in [-0.05, 0) is 13.3 Å². The molecule has 0 aromatic rings. The summed E-state index contributed by atoms with van der Waals surface area (Å²) in [5.41, 5.74) is 0. The van der Waals surface area contributed by atoms with E-state index < -0.39 is 0 Å². The van der Waals surface area contributed by atoms with Crippen LogP contribution >= 0.6 is 0 Å². The van der Waals surface area contributed by atoms with Crippen LogP contribution in [0.15, 0.2) is 4.99 Å². The lowest BCUT2D eigenvalue weighted by Gasteiger charge is -1.92. The Kier molecular flexibility index (Phi) is 8.02. The van der Waals surface area contributed by atoms with Crippen LogP contribution in [0.5, 0.6) is 0 Å². The van der Waals surface area contributed by atoms with E-state index in [0.717, 1.165) is 13.2 Å². The maximum Gasteiger partial charge on any atom is 0.169 e. The van der Waals surface area contributed by atoms with Crippen LogP contribution in [0.2, 0.25) is 0 Å². The van der Waals surface area contributed by atoms with Gasteiger partial charge in [-0.2, -0.15) is 0 Å². The molecular weight excluding hydrogens is 126 g/mol. The van der Waals surface area contributed by atoms with Gasteiger partial charge in [-0.15, -0.1) is 0 Å². The molecule has 0 aromatic heterocycles. The Morgan fingerprint density at radius 1 is 1.30 bits per heavy atom. The SMILES string of the molecule is CCCCCN=COCC. The zero-order valence-corrected chi connectivity index (χ0v) is 6.97. The molecule has 60 valence electrons. The molecule has 0 saturated carbocycles. The number of hydrogen-bond donors (Lipinski definition) is 0. The molecule has 0 rings (SSSR count). The highest BCUT2D eigenvalue weighted by atomic mass is 16.5. The van der Waals surface area contributed by atoms with Gasteiger partial charge in [0.1, 0.15) is 0 Å². The van der Waals surface area contributed by atoms with E-state index in [1.54, 1.807) is 6.40 Å². The minimum atomic E-state index is 0.720. The highest BCUT2D eigenvalue weighted by molar-refractivity contribution is 5.45. The second-order valence-electron chi connectivity index (χ2n) is 2.17. The van der Waals surface area contributed by atoms with Gasteiger partial charge in [0.15, 0.2) is 6.40 Å². The van der Waals surface area contributed by atoms with E-state index in [0.29, 0.717) is 0 Å². The van der Waals surface area contributed by atoms with Crippen molar-refractivity contribution in [2.24, 2.45) is 4.99 Å². The van der Waals surface area contributed by atoms with E-state index >= 15 is 0 Å². The predicted molar refractivity (Wildman–Crippen MR) is 44.5 cm³/mol. The van der Waals surface area contributed by atoms with E-state index in [2.05, 4.69) is 11.9 Å². The van der Waals surface area contributed by atoms with Crippen LogP contribution in [0, 0.1) is 0 Å². The number of hydrogen-bond acceptors (Lipinski definition) is 2. The molecule has 0 aliphatic heterocycles. The van der Waals surface area contributed by atoms with Gasteiger partial charge >= 0.3 is 0 Å². The summed E-state index contributed by atoms with van der Waals surface area (Å²) < 4.78 is 4.92. The van der Waals surface area contributed by atoms with Crippen molar-refractivity contribution in [1.82, 2.24) is 0 Å². The molecule has 2 heteroatoms. The van der Waals surface area contributed by atoms with Gasteiger partial charge in [0.05, 0.1) is 6.61 Å². The molecule has 0 bridgehead atoms. The van der Waals surface area contributed by atoms with Crippen LogP contribution in [-0.2, 0) is 4.74 Å². The van der Waals surface area contributed by atoms with Gasteiger partial charge in [0.2, 0.25) is 0 Å². The minimum absolute atomic E-state index is 0.720. The van der Waals surface area contributed by atoms with Crippen molar-refractivity contribution >= 4 is 6.40 Å². The summed E-state index contributed by atoms with van der Waals surface area (Å²) in [4.78, 5) is 4.05. The summed E-state index contributed by atoms with van der Waals surface area (Å²) in [5, 5.41) is 0. The van der Waals surface area contributed by atoms with Crippen LogP contribution in [0.25, 0.3) is 0 Å². The fourth-order valence-corrected chi connectivity index (χ4v) is 0.633. The Labute approximate surface area is 63.3 Å². The van der Waals surface area contributed by atoms with Crippen molar-refractivity contribution in [1.29, 1.82) is 0 Å². The first kappa shape index (κ1) is 9.47. The Morgan fingerprint density at radius 2 is 2.10 bits per heavy atom. The van der Waals surface area contributed by atoms with Crippen LogP contribution < -0.4 is 0 Å². The molecule has 0 heterocycles. The van der Waals surface area contributed by atoms with Crippen molar-refractivity contribution in [2.75, 3.05) is 13.2 Å². The van der Waals surface area contributed by atoms with E-state index in [-0.39, 0.29) is 0 Å². The zero-order chi connectivity index (χ0) is 7.66. The quantitative estimate of drug-likeness (QED) is 0.317. The highest BCUT2D eigenvalue weighted by Crippen LogP contribution is 1.92. The lowest BCUT2D eigenvalue weighted by molar-refractivity contribution is 0.342. The standard InChI is InChI=1S/C8H17NO/c1-3-5-6-7-9-8-10-4-2/h8H,3-7H2,1-2H3. The van der Waals surface area contributed by atoms with Crippen LogP contribution in [-0.4, -0.2) is 19.6 Å². The number of nitrogens with zero attached hydrogens (tertiary/aromatic N) is 1. The van der Waals surface area contributed by atoms with Crippen LogP contribution in [0.3, 0.4) is 0 Å². The average Bonchev–Trinajstić information content (AvgIpc) is 1.97. The van der Waals surface area contributed by atoms with E-state index in [1.165, 1.54) is 19.3 Å². The molecule has 0 amide bonds. The Bertz CT molecular complexity index is 81.3. The number of rotatable bonds is 6. The molecule has 10 heavy (non-hydrogen) atoms. The van der Waals surface area contributed by atoms with Gasteiger partial charge in [0.25, 0.3) is 0 Å². The summed E-state index contributed by atoms with van der Waals surface area (Å²) in [6.45, 7) is 5.77. The van der Waals surface area contributed by atoms with Crippen LogP contribution in [0.1, 0.15) is 33.1 Å². The molecule has 0 atom stereocenters. The normalized spacial score (nSPS) is 10.6. The molecule has 0 fully saturated rings. The molecule has 0 aliphatic rings. The highest BCUT2D eigenvalue weighted by Gasteiger charge is 1.80. The molecule has 0 aromatic carbocycles. The largest absolute Gasteiger partial charge is 0.484 e. The first-order valence-corrected chi connectivity index (χ1v) is 4.01. The van der Waals surface area contributed by atoms with Crippen molar-refractivity contribution in [3.8, 4) is 0 Å². The minimum Gasteiger partial charge on any atom is -0.484 e. The second-order valence-corrected chi connectivity index (χ2v) is 2.17. The van der Waals surface area contributed by atoms with Crippen molar-refractivity contribution in [3.05, 3.63) is 0 Å². The third kappa shape index (κ3) is 7.47. The summed E-state index contributed by atoms with van der Waals surface area (Å²) in [6, 6.07) is 0. The van der Waals surface area contributed by atoms with Gasteiger partial charge < -0.3 is 4.74 Å². The Morgan fingerprint density at radius 3 is 2.70 bits per heavy atom. The van der Waals surface area contributed by atoms with E-state index in [1.807, 2.05) is 6.92 Å². The van der Waals surface area contributed by atoms with Crippen molar-refractivity contribution in [3.63, 3.8) is 0 Å². The first-order valence-electron chi connectivity index (χ1n) is 4.01. The smallest absolute Gasteiger partial charge is 0.169 e. The zero-order valence-electron chi connectivity index (χ0n) is 6.97. The van der Waals surface area contributed by atoms with Gasteiger partial charge in [-0.3, -0.25) is 4.99 Å². The molecule has 0 aliphatic carbocycles. The molecule has 0 N–H and O–H groups in total. The summed E-state index contributed by atoms with van der Waals surface area (Å²) in [6.07, 6.45) is 5.25. The van der Waals surface area contributed by atoms with Crippen LogP contribution in [0.4, 0.5) is 0 Å². The average molecular weight is 143 g/mol. The maximum atomic E-state index is 4.92. The van der Waals surface area contributed by atoms with E-state index in [4.69, 9.17) is 4.74 Å². The second kappa shape index (κ2) is 8.47. The lowest BCUT2D eigenvalue weighted by Crippen LogP contribution is -1.87.